The number of carbonyl (C=O) groups excluding carboxylic acids is 1. The smallest absolute Gasteiger partial charge is 0.260 e. The maximum atomic E-state index is 12.5. The van der Waals surface area contributed by atoms with Crippen LogP contribution in [0.25, 0.3) is 0 Å². The lowest BCUT2D eigenvalue weighted by Gasteiger charge is -2.33. The Morgan fingerprint density at radius 2 is 1.83 bits per heavy atom. The molecule has 0 fully saturated rings. The van der Waals surface area contributed by atoms with E-state index in [0.29, 0.717) is 24.0 Å². The first-order valence-corrected chi connectivity index (χ1v) is 7.80. The minimum Gasteiger partial charge on any atom is -0.493 e. The average Bonchev–Trinajstić information content (AvgIpc) is 2.59. The van der Waals surface area contributed by atoms with Gasteiger partial charge >= 0.3 is 0 Å². The van der Waals surface area contributed by atoms with E-state index in [1.165, 1.54) is 11.1 Å². The summed E-state index contributed by atoms with van der Waals surface area (Å²) in [5, 5.41) is 0. The van der Waals surface area contributed by atoms with Gasteiger partial charge < -0.3 is 14.4 Å². The maximum Gasteiger partial charge on any atom is 0.260 e. The molecule has 0 saturated carbocycles. The van der Waals surface area contributed by atoms with E-state index >= 15 is 0 Å². The number of hydrogen-bond acceptors (Lipinski definition) is 3. The van der Waals surface area contributed by atoms with Crippen LogP contribution in [0.3, 0.4) is 0 Å². The summed E-state index contributed by atoms with van der Waals surface area (Å²) < 4.78 is 10.9. The molecule has 0 saturated heterocycles. The number of methoxy groups -OCH3 is 1. The van der Waals surface area contributed by atoms with Gasteiger partial charge in [0.2, 0.25) is 0 Å². The highest BCUT2D eigenvalue weighted by Crippen LogP contribution is 2.28. The molecular weight excluding hydrogens is 290 g/mol. The van der Waals surface area contributed by atoms with Gasteiger partial charge in [-0.2, -0.15) is 0 Å². The summed E-state index contributed by atoms with van der Waals surface area (Å²) in [6, 6.07) is 15.7. The Morgan fingerprint density at radius 3 is 2.61 bits per heavy atom. The topological polar surface area (TPSA) is 38.8 Å². The fourth-order valence-corrected chi connectivity index (χ4v) is 3.02. The second-order valence-electron chi connectivity index (χ2n) is 5.81. The summed E-state index contributed by atoms with van der Waals surface area (Å²) in [7, 11) is 1.59. The van der Waals surface area contributed by atoms with E-state index < -0.39 is 0 Å². The minimum atomic E-state index is -0.00254. The van der Waals surface area contributed by atoms with E-state index in [-0.39, 0.29) is 12.5 Å². The number of carbonyl (C=O) groups is 1. The summed E-state index contributed by atoms with van der Waals surface area (Å²) in [6.45, 7) is 3.55. The standard InChI is InChI=1S/C19H21NO3/c1-14-11-20(12-15-7-3-4-8-16(14)15)19(21)13-23-18-10-6-5-9-17(18)22-2/h3-10,14H,11-13H2,1-2H3. The van der Waals surface area contributed by atoms with Crippen LogP contribution in [0.1, 0.15) is 24.0 Å². The van der Waals surface area contributed by atoms with Crippen LogP contribution >= 0.6 is 0 Å². The van der Waals surface area contributed by atoms with E-state index in [4.69, 9.17) is 9.47 Å². The van der Waals surface area contributed by atoms with Crippen LogP contribution in [0.2, 0.25) is 0 Å². The van der Waals surface area contributed by atoms with Crippen molar-refractivity contribution in [2.75, 3.05) is 20.3 Å². The molecule has 0 bridgehead atoms. The van der Waals surface area contributed by atoms with Crippen molar-refractivity contribution in [1.82, 2.24) is 4.90 Å². The number of rotatable bonds is 4. The van der Waals surface area contributed by atoms with E-state index in [2.05, 4.69) is 25.1 Å². The zero-order chi connectivity index (χ0) is 16.2. The Bertz CT molecular complexity index is 699. The molecule has 1 amide bonds. The number of fused-ring (bicyclic) bond motifs is 1. The molecule has 1 aliphatic heterocycles. The number of benzene rings is 2. The predicted molar refractivity (Wildman–Crippen MR) is 88.8 cm³/mol. The van der Waals surface area contributed by atoms with Gasteiger partial charge in [-0.05, 0) is 29.2 Å². The van der Waals surface area contributed by atoms with Gasteiger partial charge in [-0.25, -0.2) is 0 Å². The molecule has 2 aromatic rings. The Labute approximate surface area is 136 Å². The molecular formula is C19H21NO3. The van der Waals surface area contributed by atoms with E-state index in [1.807, 2.05) is 29.2 Å². The van der Waals surface area contributed by atoms with Gasteiger partial charge in [0.1, 0.15) is 0 Å². The second kappa shape index (κ2) is 6.73. The molecule has 0 aliphatic carbocycles. The molecule has 3 rings (SSSR count). The van der Waals surface area contributed by atoms with Gasteiger partial charge in [0, 0.05) is 13.1 Å². The summed E-state index contributed by atoms with van der Waals surface area (Å²) in [4.78, 5) is 14.4. The predicted octanol–water partition coefficient (Wildman–Crippen LogP) is 3.22. The lowest BCUT2D eigenvalue weighted by molar-refractivity contribution is -0.134. The van der Waals surface area contributed by atoms with E-state index in [1.54, 1.807) is 13.2 Å². The van der Waals surface area contributed by atoms with Gasteiger partial charge in [0.15, 0.2) is 18.1 Å². The summed E-state index contributed by atoms with van der Waals surface area (Å²) in [5.74, 6) is 1.57. The number of para-hydroxylation sites is 2. The van der Waals surface area contributed by atoms with E-state index in [9.17, 15) is 4.79 Å². The molecule has 0 radical (unpaired) electrons. The first-order valence-electron chi connectivity index (χ1n) is 7.80. The van der Waals surface area contributed by atoms with Crippen molar-refractivity contribution in [3.05, 3.63) is 59.7 Å². The summed E-state index contributed by atoms with van der Waals surface area (Å²) in [5.41, 5.74) is 2.55. The van der Waals surface area contributed by atoms with Crippen molar-refractivity contribution in [2.24, 2.45) is 0 Å². The number of hydrogen-bond donors (Lipinski definition) is 0. The van der Waals surface area contributed by atoms with Crippen LogP contribution in [0.15, 0.2) is 48.5 Å². The third-order valence-electron chi connectivity index (χ3n) is 4.21. The van der Waals surface area contributed by atoms with Crippen molar-refractivity contribution in [3.8, 4) is 11.5 Å². The highest BCUT2D eigenvalue weighted by molar-refractivity contribution is 5.78. The van der Waals surface area contributed by atoms with Crippen LogP contribution in [-0.4, -0.2) is 31.1 Å². The molecule has 1 heterocycles. The van der Waals surface area contributed by atoms with Crippen LogP contribution in [0.5, 0.6) is 11.5 Å². The van der Waals surface area contributed by atoms with E-state index in [0.717, 1.165) is 6.54 Å². The van der Waals surface area contributed by atoms with Gasteiger partial charge in [-0.1, -0.05) is 43.3 Å². The quantitative estimate of drug-likeness (QED) is 0.870. The maximum absolute atomic E-state index is 12.5. The first kappa shape index (κ1) is 15.4. The Hall–Kier alpha value is -2.49. The highest BCUT2D eigenvalue weighted by Gasteiger charge is 2.25. The minimum absolute atomic E-state index is 0.00254. The van der Waals surface area contributed by atoms with Crippen LogP contribution in [-0.2, 0) is 11.3 Å². The molecule has 120 valence electrons. The normalized spacial score (nSPS) is 16.6. The number of nitrogens with zero attached hydrogens (tertiary/aromatic N) is 1. The van der Waals surface area contributed by atoms with Crippen molar-refractivity contribution in [1.29, 1.82) is 0 Å². The van der Waals surface area contributed by atoms with Crippen molar-refractivity contribution >= 4 is 5.91 Å². The zero-order valence-corrected chi connectivity index (χ0v) is 13.5. The molecule has 0 N–H and O–H groups in total. The van der Waals surface area contributed by atoms with Gasteiger partial charge in [0.25, 0.3) is 5.91 Å². The lowest BCUT2D eigenvalue weighted by atomic mass is 9.91. The van der Waals surface area contributed by atoms with Crippen molar-refractivity contribution in [3.63, 3.8) is 0 Å². The third kappa shape index (κ3) is 3.31. The molecule has 0 aromatic heterocycles. The lowest BCUT2D eigenvalue weighted by Crippen LogP contribution is -2.40. The Morgan fingerprint density at radius 1 is 1.13 bits per heavy atom. The van der Waals surface area contributed by atoms with Crippen molar-refractivity contribution < 1.29 is 14.3 Å². The zero-order valence-electron chi connectivity index (χ0n) is 13.5. The summed E-state index contributed by atoms with van der Waals surface area (Å²) >= 11 is 0. The van der Waals surface area contributed by atoms with Crippen molar-refractivity contribution in [2.45, 2.75) is 19.4 Å². The first-order chi connectivity index (χ1) is 11.2. The number of amides is 1. The van der Waals surface area contributed by atoms with Crippen LogP contribution < -0.4 is 9.47 Å². The molecule has 4 nitrogen and oxygen atoms in total. The van der Waals surface area contributed by atoms with Crippen LogP contribution in [0.4, 0.5) is 0 Å². The molecule has 1 atom stereocenters. The number of ether oxygens (including phenoxy) is 2. The monoisotopic (exact) mass is 311 g/mol. The van der Waals surface area contributed by atoms with Gasteiger partial charge in [-0.15, -0.1) is 0 Å². The Kier molecular flexibility index (Phi) is 4.51. The molecule has 0 spiro atoms. The Balaban J connectivity index is 1.66. The molecule has 23 heavy (non-hydrogen) atoms. The average molecular weight is 311 g/mol. The molecule has 1 unspecified atom stereocenters. The highest BCUT2D eigenvalue weighted by atomic mass is 16.5. The molecule has 1 aliphatic rings. The van der Waals surface area contributed by atoms with Gasteiger partial charge in [-0.3, -0.25) is 4.79 Å². The fourth-order valence-electron chi connectivity index (χ4n) is 3.02. The van der Waals surface area contributed by atoms with Crippen LogP contribution in [0, 0.1) is 0 Å². The SMILES string of the molecule is COc1ccccc1OCC(=O)N1Cc2ccccc2C(C)C1. The van der Waals surface area contributed by atoms with Gasteiger partial charge in [0.05, 0.1) is 7.11 Å². The largest absolute Gasteiger partial charge is 0.493 e. The molecule has 4 heteroatoms. The second-order valence-corrected chi connectivity index (χ2v) is 5.81. The molecule has 2 aromatic carbocycles. The fraction of sp³-hybridized carbons (Fsp3) is 0.316. The summed E-state index contributed by atoms with van der Waals surface area (Å²) in [6.07, 6.45) is 0. The third-order valence-corrected chi connectivity index (χ3v) is 4.21.